The molecule has 1 rings (SSSR count). The summed E-state index contributed by atoms with van der Waals surface area (Å²) in [7, 11) is 0. The number of isocyanates is 1. The van der Waals surface area contributed by atoms with Crippen molar-refractivity contribution < 1.29 is 4.79 Å². The van der Waals surface area contributed by atoms with E-state index in [1.165, 1.54) is 11.0 Å². The summed E-state index contributed by atoms with van der Waals surface area (Å²) in [6.07, 6.45) is 2.46. The van der Waals surface area contributed by atoms with Gasteiger partial charge < -0.3 is 0 Å². The predicted molar refractivity (Wildman–Crippen MR) is 54.8 cm³/mol. The molecule has 0 bridgehead atoms. The maximum absolute atomic E-state index is 9.74. The summed E-state index contributed by atoms with van der Waals surface area (Å²) < 4.78 is 0. The monoisotopic (exact) mass is 193 g/mol. The molecule has 0 aliphatic rings. The maximum atomic E-state index is 9.74. The molecule has 68 valence electrons. The first-order valence-corrected chi connectivity index (χ1v) is 5.13. The van der Waals surface area contributed by atoms with Crippen LogP contribution in [0.4, 0.5) is 0 Å². The lowest BCUT2D eigenvalue weighted by Gasteiger charge is -1.97. The minimum absolute atomic E-state index is 0.587. The van der Waals surface area contributed by atoms with Crippen LogP contribution in [0.3, 0.4) is 0 Å². The molecule has 0 unspecified atom stereocenters. The Morgan fingerprint density at radius 1 is 1.31 bits per heavy atom. The van der Waals surface area contributed by atoms with Crippen LogP contribution in [-0.4, -0.2) is 18.4 Å². The number of benzene rings is 1. The summed E-state index contributed by atoms with van der Waals surface area (Å²) in [5, 5.41) is 0. The highest BCUT2D eigenvalue weighted by atomic mass is 32.2. The summed E-state index contributed by atoms with van der Waals surface area (Å²) in [5.74, 6) is 0.995. The predicted octanol–water partition coefficient (Wildman–Crippen LogP) is 2.50. The van der Waals surface area contributed by atoms with E-state index in [4.69, 9.17) is 0 Å². The largest absolute Gasteiger partial charge is 0.234 e. The SMILES string of the molecule is O=C=NCCCSc1ccccc1. The third-order valence-corrected chi connectivity index (χ3v) is 2.59. The Labute approximate surface area is 82.1 Å². The van der Waals surface area contributed by atoms with Gasteiger partial charge in [-0.25, -0.2) is 9.79 Å². The first-order valence-electron chi connectivity index (χ1n) is 4.15. The molecule has 0 aliphatic carbocycles. The molecular formula is C10H11NOS. The van der Waals surface area contributed by atoms with Gasteiger partial charge in [0.15, 0.2) is 0 Å². The highest BCUT2D eigenvalue weighted by Crippen LogP contribution is 2.17. The van der Waals surface area contributed by atoms with Gasteiger partial charge in [0.05, 0.1) is 6.54 Å². The van der Waals surface area contributed by atoms with Crippen LogP contribution >= 0.6 is 11.8 Å². The van der Waals surface area contributed by atoms with Crippen LogP contribution < -0.4 is 0 Å². The number of rotatable bonds is 5. The molecule has 1 aromatic rings. The fourth-order valence-electron chi connectivity index (χ4n) is 0.896. The van der Waals surface area contributed by atoms with E-state index in [1.807, 2.05) is 18.2 Å². The van der Waals surface area contributed by atoms with Crippen molar-refractivity contribution >= 4 is 17.8 Å². The molecule has 1 aromatic carbocycles. The molecule has 0 amide bonds. The van der Waals surface area contributed by atoms with Gasteiger partial charge in [-0.3, -0.25) is 0 Å². The molecule has 0 saturated carbocycles. The molecule has 0 saturated heterocycles. The summed E-state index contributed by atoms with van der Waals surface area (Å²) >= 11 is 1.78. The van der Waals surface area contributed by atoms with Gasteiger partial charge in [-0.2, -0.15) is 0 Å². The Bertz CT molecular complexity index is 280. The fraction of sp³-hybridized carbons (Fsp3) is 0.300. The maximum Gasteiger partial charge on any atom is 0.234 e. The lowest BCUT2D eigenvalue weighted by molar-refractivity contribution is 0.562. The average Bonchev–Trinajstić information content (AvgIpc) is 2.19. The van der Waals surface area contributed by atoms with Crippen LogP contribution in [0, 0.1) is 0 Å². The second-order valence-electron chi connectivity index (χ2n) is 2.49. The number of aliphatic imine (C=N–C) groups is 1. The van der Waals surface area contributed by atoms with Gasteiger partial charge in [0.25, 0.3) is 0 Å². The first-order chi connectivity index (χ1) is 6.43. The molecule has 13 heavy (non-hydrogen) atoms. The van der Waals surface area contributed by atoms with Gasteiger partial charge in [0.2, 0.25) is 6.08 Å². The highest BCUT2D eigenvalue weighted by Gasteiger charge is 1.91. The molecule has 0 radical (unpaired) electrons. The number of hydrogen-bond acceptors (Lipinski definition) is 3. The number of carbonyl (C=O) groups excluding carboxylic acids is 1. The average molecular weight is 193 g/mol. The normalized spacial score (nSPS) is 9.23. The molecule has 0 atom stereocenters. The minimum Gasteiger partial charge on any atom is -0.211 e. The topological polar surface area (TPSA) is 29.4 Å². The lowest BCUT2D eigenvalue weighted by Crippen LogP contribution is -1.83. The standard InChI is InChI=1S/C10H11NOS/c12-9-11-7-4-8-13-10-5-2-1-3-6-10/h1-3,5-6H,4,7-8H2. The van der Waals surface area contributed by atoms with E-state index in [9.17, 15) is 4.79 Å². The van der Waals surface area contributed by atoms with Gasteiger partial charge in [-0.05, 0) is 24.3 Å². The highest BCUT2D eigenvalue weighted by molar-refractivity contribution is 7.99. The Kier molecular flexibility index (Phi) is 4.99. The Hall–Kier alpha value is -1.05. The zero-order valence-electron chi connectivity index (χ0n) is 7.27. The van der Waals surface area contributed by atoms with E-state index in [2.05, 4.69) is 17.1 Å². The van der Waals surface area contributed by atoms with Crippen LogP contribution in [0.1, 0.15) is 6.42 Å². The number of nitrogens with zero attached hydrogens (tertiary/aromatic N) is 1. The minimum atomic E-state index is 0.587. The zero-order valence-corrected chi connectivity index (χ0v) is 8.09. The van der Waals surface area contributed by atoms with Crippen molar-refractivity contribution in [2.75, 3.05) is 12.3 Å². The van der Waals surface area contributed by atoms with Gasteiger partial charge in [0, 0.05) is 4.90 Å². The summed E-state index contributed by atoms with van der Waals surface area (Å²) in [6, 6.07) is 10.2. The fourth-order valence-corrected chi connectivity index (χ4v) is 1.75. The van der Waals surface area contributed by atoms with Gasteiger partial charge in [-0.15, -0.1) is 11.8 Å². The zero-order chi connectivity index (χ0) is 9.36. The summed E-state index contributed by atoms with van der Waals surface area (Å²) in [4.78, 5) is 14.5. The second-order valence-corrected chi connectivity index (χ2v) is 3.66. The molecular weight excluding hydrogens is 182 g/mol. The smallest absolute Gasteiger partial charge is 0.211 e. The van der Waals surface area contributed by atoms with Crippen LogP contribution in [0.5, 0.6) is 0 Å². The van der Waals surface area contributed by atoms with Gasteiger partial charge in [0.1, 0.15) is 0 Å². The molecule has 0 aliphatic heterocycles. The van der Waals surface area contributed by atoms with Crippen LogP contribution in [-0.2, 0) is 4.79 Å². The molecule has 2 nitrogen and oxygen atoms in total. The molecule has 0 aromatic heterocycles. The van der Waals surface area contributed by atoms with E-state index >= 15 is 0 Å². The van der Waals surface area contributed by atoms with Crippen LogP contribution in [0.2, 0.25) is 0 Å². The molecule has 0 fully saturated rings. The third-order valence-electron chi connectivity index (χ3n) is 1.49. The molecule has 3 heteroatoms. The molecule has 0 spiro atoms. The molecule has 0 heterocycles. The van der Waals surface area contributed by atoms with Crippen molar-refractivity contribution in [1.82, 2.24) is 0 Å². The Morgan fingerprint density at radius 2 is 2.08 bits per heavy atom. The van der Waals surface area contributed by atoms with Crippen molar-refractivity contribution in [3.05, 3.63) is 30.3 Å². The number of thioether (sulfide) groups is 1. The molecule has 0 N–H and O–H groups in total. The van der Waals surface area contributed by atoms with Crippen molar-refractivity contribution in [3.8, 4) is 0 Å². The lowest BCUT2D eigenvalue weighted by atomic mass is 10.4. The summed E-state index contributed by atoms with van der Waals surface area (Å²) in [5.41, 5.74) is 0. The van der Waals surface area contributed by atoms with E-state index in [-0.39, 0.29) is 0 Å². The van der Waals surface area contributed by atoms with Crippen molar-refractivity contribution in [3.63, 3.8) is 0 Å². The quantitative estimate of drug-likeness (QED) is 0.311. The summed E-state index contributed by atoms with van der Waals surface area (Å²) in [6.45, 7) is 0.587. The van der Waals surface area contributed by atoms with Gasteiger partial charge >= 0.3 is 0 Å². The van der Waals surface area contributed by atoms with E-state index in [1.54, 1.807) is 11.8 Å². The van der Waals surface area contributed by atoms with Crippen molar-refractivity contribution in [1.29, 1.82) is 0 Å². The van der Waals surface area contributed by atoms with Crippen molar-refractivity contribution in [2.45, 2.75) is 11.3 Å². The second kappa shape index (κ2) is 6.46. The first kappa shape index (κ1) is 10.0. The van der Waals surface area contributed by atoms with E-state index in [0.717, 1.165) is 12.2 Å². The van der Waals surface area contributed by atoms with Crippen LogP contribution in [0.25, 0.3) is 0 Å². The Balaban J connectivity index is 2.17. The Morgan fingerprint density at radius 3 is 2.77 bits per heavy atom. The van der Waals surface area contributed by atoms with Crippen LogP contribution in [0.15, 0.2) is 40.2 Å². The van der Waals surface area contributed by atoms with E-state index < -0.39 is 0 Å². The third kappa shape index (κ3) is 4.51. The van der Waals surface area contributed by atoms with Gasteiger partial charge in [-0.1, -0.05) is 18.2 Å². The van der Waals surface area contributed by atoms with E-state index in [0.29, 0.717) is 6.54 Å². The van der Waals surface area contributed by atoms with Crippen molar-refractivity contribution in [2.24, 2.45) is 4.99 Å². The number of hydrogen-bond donors (Lipinski definition) is 0.